The SMILES string of the molecule is CCCCCCCCCCCC[N+](C)(C)C(CCCCC)C(O)CC=CCC(=O)OCCCOC(=O)CC=CCC(O)C(CCCCC)[N+](C)(C)CCCCCCCCCCCC. The number of carbonyl (C=O) groups is 2. The van der Waals surface area contributed by atoms with Crippen molar-refractivity contribution < 1.29 is 38.2 Å². The smallest absolute Gasteiger partial charge is 0.309 e. The van der Waals surface area contributed by atoms with Crippen LogP contribution < -0.4 is 0 Å². The zero-order valence-corrected chi connectivity index (χ0v) is 43.2. The van der Waals surface area contributed by atoms with Gasteiger partial charge in [-0.2, -0.15) is 0 Å². The van der Waals surface area contributed by atoms with Crippen molar-refractivity contribution in [3.05, 3.63) is 24.3 Å². The van der Waals surface area contributed by atoms with Gasteiger partial charge in [0.15, 0.2) is 0 Å². The van der Waals surface area contributed by atoms with E-state index in [1.807, 2.05) is 24.3 Å². The van der Waals surface area contributed by atoms with Gasteiger partial charge in [0.05, 0.1) is 67.3 Å². The monoisotopic (exact) mass is 893 g/mol. The van der Waals surface area contributed by atoms with Crippen LogP contribution in [0.2, 0.25) is 0 Å². The minimum atomic E-state index is -0.454. The maximum Gasteiger partial charge on any atom is 0.309 e. The Morgan fingerprint density at radius 3 is 1.02 bits per heavy atom. The van der Waals surface area contributed by atoms with Gasteiger partial charge in [-0.3, -0.25) is 9.59 Å². The van der Waals surface area contributed by atoms with Crippen molar-refractivity contribution in [2.45, 2.75) is 264 Å². The number of esters is 2. The third kappa shape index (κ3) is 35.2. The van der Waals surface area contributed by atoms with Crippen molar-refractivity contribution >= 4 is 11.9 Å². The lowest BCUT2D eigenvalue weighted by molar-refractivity contribution is -0.919. The highest BCUT2D eigenvalue weighted by atomic mass is 16.5. The molecule has 0 bridgehead atoms. The minimum absolute atomic E-state index is 0.162. The molecule has 0 aromatic heterocycles. The zero-order chi connectivity index (χ0) is 46.9. The molecule has 0 saturated carbocycles. The normalized spacial score (nSPS) is 14.4. The number of carbonyl (C=O) groups excluding carboxylic acids is 2. The lowest BCUT2D eigenvalue weighted by atomic mass is 9.96. The minimum Gasteiger partial charge on any atom is -0.465 e. The van der Waals surface area contributed by atoms with E-state index in [9.17, 15) is 19.8 Å². The highest BCUT2D eigenvalue weighted by Crippen LogP contribution is 2.24. The molecule has 4 unspecified atom stereocenters. The fourth-order valence-corrected chi connectivity index (χ4v) is 9.26. The molecule has 2 N–H and O–H groups in total. The number of aliphatic hydroxyl groups excluding tert-OH is 2. The van der Waals surface area contributed by atoms with Crippen LogP contribution in [0.4, 0.5) is 0 Å². The van der Waals surface area contributed by atoms with Gasteiger partial charge in [-0.25, -0.2) is 0 Å². The Morgan fingerprint density at radius 2 is 0.698 bits per heavy atom. The molecule has 0 aliphatic carbocycles. The summed E-state index contributed by atoms with van der Waals surface area (Å²) in [5.74, 6) is -0.633. The first-order valence-corrected chi connectivity index (χ1v) is 27.0. The van der Waals surface area contributed by atoms with Crippen molar-refractivity contribution in [2.24, 2.45) is 0 Å². The Bertz CT molecular complexity index is 1020. The van der Waals surface area contributed by atoms with Gasteiger partial charge < -0.3 is 28.7 Å². The molecule has 8 nitrogen and oxygen atoms in total. The van der Waals surface area contributed by atoms with E-state index in [2.05, 4.69) is 55.9 Å². The van der Waals surface area contributed by atoms with Gasteiger partial charge in [0, 0.05) is 19.3 Å². The average molecular weight is 893 g/mol. The summed E-state index contributed by atoms with van der Waals surface area (Å²) in [6.45, 7) is 11.5. The van der Waals surface area contributed by atoms with Crippen LogP contribution in [-0.4, -0.2) is 110 Å². The number of unbranched alkanes of at least 4 members (excludes halogenated alkanes) is 22. The maximum atomic E-state index is 12.4. The van der Waals surface area contributed by atoms with Gasteiger partial charge >= 0.3 is 11.9 Å². The summed E-state index contributed by atoms with van der Waals surface area (Å²) < 4.78 is 12.4. The molecule has 0 rings (SSSR count). The quantitative estimate of drug-likeness (QED) is 0.0274. The first kappa shape index (κ1) is 61.3. The summed E-state index contributed by atoms with van der Waals surface area (Å²) in [4.78, 5) is 24.8. The van der Waals surface area contributed by atoms with E-state index >= 15 is 0 Å². The van der Waals surface area contributed by atoms with Gasteiger partial charge in [0.25, 0.3) is 0 Å². The Labute approximate surface area is 391 Å². The van der Waals surface area contributed by atoms with Crippen LogP contribution in [0.5, 0.6) is 0 Å². The molecule has 0 radical (unpaired) electrons. The summed E-state index contributed by atoms with van der Waals surface area (Å²) >= 11 is 0. The number of likely N-dealkylation sites (N-methyl/N-ethyl adjacent to an activating group) is 2. The van der Waals surface area contributed by atoms with Crippen LogP contribution in [0, 0.1) is 0 Å². The fraction of sp³-hybridized carbons (Fsp3) is 0.891. The van der Waals surface area contributed by atoms with Gasteiger partial charge in [-0.05, 0) is 51.4 Å². The average Bonchev–Trinajstić information content (AvgIpc) is 3.25. The van der Waals surface area contributed by atoms with E-state index in [1.165, 1.54) is 154 Å². The maximum absolute atomic E-state index is 12.4. The van der Waals surface area contributed by atoms with E-state index in [0.29, 0.717) is 19.3 Å². The van der Waals surface area contributed by atoms with Crippen LogP contribution >= 0.6 is 0 Å². The Balaban J connectivity index is 4.53. The molecular weight excluding hydrogens is 785 g/mol. The number of hydrogen-bond donors (Lipinski definition) is 2. The van der Waals surface area contributed by atoms with E-state index in [1.54, 1.807) is 0 Å². The van der Waals surface area contributed by atoms with Gasteiger partial charge in [-0.15, -0.1) is 0 Å². The van der Waals surface area contributed by atoms with Crippen LogP contribution in [0.15, 0.2) is 24.3 Å². The van der Waals surface area contributed by atoms with Crippen molar-refractivity contribution in [2.75, 3.05) is 54.5 Å². The topological polar surface area (TPSA) is 93.1 Å². The van der Waals surface area contributed by atoms with Crippen molar-refractivity contribution in [3.8, 4) is 0 Å². The molecule has 4 atom stereocenters. The van der Waals surface area contributed by atoms with Crippen molar-refractivity contribution in [1.82, 2.24) is 0 Å². The molecule has 0 fully saturated rings. The molecule has 0 spiro atoms. The summed E-state index contributed by atoms with van der Waals surface area (Å²) in [7, 11) is 9.11. The fourth-order valence-electron chi connectivity index (χ4n) is 9.26. The van der Waals surface area contributed by atoms with Gasteiger partial charge in [0.2, 0.25) is 0 Å². The van der Waals surface area contributed by atoms with E-state index < -0.39 is 12.2 Å². The molecule has 0 aliphatic rings. The molecule has 0 aromatic carbocycles. The zero-order valence-electron chi connectivity index (χ0n) is 43.2. The summed E-state index contributed by atoms with van der Waals surface area (Å²) in [5.41, 5.74) is 0. The Morgan fingerprint density at radius 1 is 0.413 bits per heavy atom. The molecular formula is C55H108N2O6+2. The number of ether oxygens (including phenoxy) is 2. The van der Waals surface area contributed by atoms with Crippen molar-refractivity contribution in [3.63, 3.8) is 0 Å². The second-order valence-corrected chi connectivity index (χ2v) is 20.2. The van der Waals surface area contributed by atoms with Crippen LogP contribution in [0.3, 0.4) is 0 Å². The lowest BCUT2D eigenvalue weighted by Gasteiger charge is -2.41. The number of hydrogen-bond acceptors (Lipinski definition) is 6. The third-order valence-electron chi connectivity index (χ3n) is 13.5. The molecule has 0 amide bonds. The van der Waals surface area contributed by atoms with Crippen LogP contribution in [0.25, 0.3) is 0 Å². The molecule has 0 aromatic rings. The predicted octanol–water partition coefficient (Wildman–Crippen LogP) is 13.7. The largest absolute Gasteiger partial charge is 0.465 e. The highest BCUT2D eigenvalue weighted by Gasteiger charge is 2.34. The van der Waals surface area contributed by atoms with Crippen LogP contribution in [-0.2, 0) is 19.1 Å². The molecule has 0 aliphatic heterocycles. The molecule has 8 heteroatoms. The summed E-state index contributed by atoms with van der Waals surface area (Å²) in [6.07, 6.45) is 43.9. The lowest BCUT2D eigenvalue weighted by Crippen LogP contribution is -2.54. The first-order chi connectivity index (χ1) is 30.4. The highest BCUT2D eigenvalue weighted by molar-refractivity contribution is 5.71. The van der Waals surface area contributed by atoms with Gasteiger partial charge in [0.1, 0.15) is 24.3 Å². The van der Waals surface area contributed by atoms with E-state index in [-0.39, 0.29) is 50.1 Å². The molecule has 0 saturated heterocycles. The van der Waals surface area contributed by atoms with Crippen LogP contribution in [0.1, 0.15) is 240 Å². The van der Waals surface area contributed by atoms with E-state index in [0.717, 1.165) is 47.7 Å². The Hall–Kier alpha value is -1.74. The number of nitrogens with zero attached hydrogens (tertiary/aromatic N) is 2. The van der Waals surface area contributed by atoms with E-state index in [4.69, 9.17) is 9.47 Å². The van der Waals surface area contributed by atoms with Gasteiger partial charge in [-0.1, -0.05) is 180 Å². The molecule has 63 heavy (non-hydrogen) atoms. The number of quaternary nitrogens is 2. The third-order valence-corrected chi connectivity index (χ3v) is 13.5. The molecule has 0 heterocycles. The standard InChI is InChI=1S/C55H108N2O6/c1-9-13-17-19-21-23-25-27-29-37-46-56(5,6)50(40-31-15-11-3)52(58)42-33-35-44-54(60)62-48-39-49-63-55(61)45-36-34-43-53(59)51(41-32-16-12-4)57(7,8)47-38-30-28-26-24-22-20-18-14-10-2/h33-36,50-53,58-59H,9-32,37-49H2,1-8H3/q+2. The first-order valence-electron chi connectivity index (χ1n) is 27.0. The second kappa shape index (κ2) is 41.7. The Kier molecular flexibility index (Phi) is 40.5. The van der Waals surface area contributed by atoms with Crippen molar-refractivity contribution in [1.29, 1.82) is 0 Å². The predicted molar refractivity (Wildman–Crippen MR) is 269 cm³/mol. The molecule has 372 valence electrons. The summed E-state index contributed by atoms with van der Waals surface area (Å²) in [6, 6.07) is 0.342. The number of aliphatic hydroxyl groups is 2. The number of rotatable bonds is 46. The summed E-state index contributed by atoms with van der Waals surface area (Å²) in [5, 5.41) is 22.7. The second-order valence-electron chi connectivity index (χ2n) is 20.2.